The summed E-state index contributed by atoms with van der Waals surface area (Å²) < 4.78 is 5.04. The molecule has 21 heavy (non-hydrogen) atoms. The first-order chi connectivity index (χ1) is 10.1. The lowest BCUT2D eigenvalue weighted by molar-refractivity contribution is -0.161. The molecule has 0 amide bonds. The molecule has 1 aromatic carbocycles. The van der Waals surface area contributed by atoms with E-state index in [0.717, 1.165) is 0 Å². The minimum absolute atomic E-state index is 0.0237. The highest BCUT2D eigenvalue weighted by Crippen LogP contribution is 2.32. The second-order valence-electron chi connectivity index (χ2n) is 4.44. The van der Waals surface area contributed by atoms with Crippen LogP contribution in [-0.2, 0) is 26.2 Å². The highest BCUT2D eigenvalue weighted by atomic mass is 32.1. The van der Waals surface area contributed by atoms with E-state index in [-0.39, 0.29) is 13.0 Å². The Kier molecular flexibility index (Phi) is 4.70. The second-order valence-corrected chi connectivity index (χ2v) is 5.41. The van der Waals surface area contributed by atoms with Gasteiger partial charge in [-0.1, -0.05) is 30.3 Å². The predicted octanol–water partition coefficient (Wildman–Crippen LogP) is 2.27. The van der Waals surface area contributed by atoms with Crippen LogP contribution in [-0.4, -0.2) is 28.6 Å². The number of carbonyl (C=O) groups is 2. The van der Waals surface area contributed by atoms with Gasteiger partial charge in [0.1, 0.15) is 0 Å². The van der Waals surface area contributed by atoms with Crippen LogP contribution in [0, 0.1) is 0 Å². The van der Waals surface area contributed by atoms with E-state index in [1.165, 1.54) is 11.3 Å². The maximum atomic E-state index is 12.4. The number of aromatic nitrogens is 1. The van der Waals surface area contributed by atoms with Gasteiger partial charge in [-0.25, -0.2) is 0 Å². The third-order valence-electron chi connectivity index (χ3n) is 3.18. The zero-order valence-corrected chi connectivity index (χ0v) is 12.3. The molecule has 0 radical (unpaired) electrons. The molecule has 1 atom stereocenters. The summed E-state index contributed by atoms with van der Waals surface area (Å²) in [5.74, 6) is -1.97. The molecule has 110 valence electrons. The Bertz CT molecular complexity index is 612. The van der Waals surface area contributed by atoms with Crippen LogP contribution in [0.3, 0.4) is 0 Å². The summed E-state index contributed by atoms with van der Waals surface area (Å²) >= 11 is 1.32. The number of hydrogen-bond acceptors (Lipinski definition) is 5. The molecular formula is C15H15NO4S. The van der Waals surface area contributed by atoms with Crippen molar-refractivity contribution in [2.45, 2.75) is 18.8 Å². The monoisotopic (exact) mass is 305 g/mol. The van der Waals surface area contributed by atoms with Crippen molar-refractivity contribution in [2.75, 3.05) is 6.61 Å². The molecular weight excluding hydrogens is 290 g/mol. The number of carboxylic acids is 1. The average molecular weight is 305 g/mol. The fourth-order valence-electron chi connectivity index (χ4n) is 2.15. The van der Waals surface area contributed by atoms with E-state index < -0.39 is 17.4 Å². The van der Waals surface area contributed by atoms with Crippen LogP contribution in [0.25, 0.3) is 0 Å². The van der Waals surface area contributed by atoms with Crippen LogP contribution in [0.1, 0.15) is 17.4 Å². The largest absolute Gasteiger partial charge is 0.480 e. The summed E-state index contributed by atoms with van der Waals surface area (Å²) in [6.07, 6.45) is 1.60. The quantitative estimate of drug-likeness (QED) is 0.654. The van der Waals surface area contributed by atoms with E-state index in [0.29, 0.717) is 10.4 Å². The SMILES string of the molecule is CCOC(=O)C(Cc1cncs1)(C(=O)O)c1ccccc1. The molecule has 1 heterocycles. The van der Waals surface area contributed by atoms with Gasteiger partial charge in [0.15, 0.2) is 5.41 Å². The molecule has 0 aliphatic rings. The summed E-state index contributed by atoms with van der Waals surface area (Å²) in [4.78, 5) is 29.0. The number of ether oxygens (including phenoxy) is 1. The maximum absolute atomic E-state index is 12.4. The van der Waals surface area contributed by atoms with E-state index in [2.05, 4.69) is 4.98 Å². The molecule has 1 unspecified atom stereocenters. The zero-order valence-electron chi connectivity index (χ0n) is 11.5. The summed E-state index contributed by atoms with van der Waals surface area (Å²) in [7, 11) is 0. The Hall–Kier alpha value is -2.21. The Morgan fingerprint density at radius 1 is 1.33 bits per heavy atom. The topological polar surface area (TPSA) is 76.5 Å². The molecule has 6 heteroatoms. The predicted molar refractivity (Wildman–Crippen MR) is 78.2 cm³/mol. The van der Waals surface area contributed by atoms with Crippen LogP contribution < -0.4 is 0 Å². The first-order valence-electron chi connectivity index (χ1n) is 6.44. The molecule has 0 saturated carbocycles. The van der Waals surface area contributed by atoms with Gasteiger partial charge in [0.2, 0.25) is 0 Å². The van der Waals surface area contributed by atoms with Crippen molar-refractivity contribution in [1.29, 1.82) is 0 Å². The lowest BCUT2D eigenvalue weighted by Crippen LogP contribution is -2.46. The molecule has 5 nitrogen and oxygen atoms in total. The summed E-state index contributed by atoms with van der Waals surface area (Å²) in [5.41, 5.74) is 0.270. The minimum Gasteiger partial charge on any atom is -0.480 e. The standard InChI is InChI=1S/C15H15NO4S/c1-2-20-14(19)15(13(17)18,8-12-9-16-10-21-12)11-6-4-3-5-7-11/h3-7,9-10H,2,8H2,1H3,(H,17,18). The van der Waals surface area contributed by atoms with E-state index >= 15 is 0 Å². The Balaban J connectivity index is 2.54. The van der Waals surface area contributed by atoms with Crippen molar-refractivity contribution in [3.8, 4) is 0 Å². The van der Waals surface area contributed by atoms with Gasteiger partial charge in [0, 0.05) is 17.5 Å². The summed E-state index contributed by atoms with van der Waals surface area (Å²) in [5, 5.41) is 9.76. The highest BCUT2D eigenvalue weighted by molar-refractivity contribution is 7.09. The van der Waals surface area contributed by atoms with Crippen molar-refractivity contribution in [3.63, 3.8) is 0 Å². The Morgan fingerprint density at radius 2 is 2.05 bits per heavy atom. The van der Waals surface area contributed by atoms with Crippen LogP contribution in [0.2, 0.25) is 0 Å². The lowest BCUT2D eigenvalue weighted by Gasteiger charge is -2.27. The van der Waals surface area contributed by atoms with Gasteiger partial charge in [-0.2, -0.15) is 0 Å². The number of benzene rings is 1. The van der Waals surface area contributed by atoms with Crippen molar-refractivity contribution in [2.24, 2.45) is 0 Å². The van der Waals surface area contributed by atoms with Crippen LogP contribution in [0.4, 0.5) is 0 Å². The molecule has 2 rings (SSSR count). The first-order valence-corrected chi connectivity index (χ1v) is 7.32. The number of esters is 1. The molecule has 1 N–H and O–H groups in total. The summed E-state index contributed by atoms with van der Waals surface area (Å²) in [6.45, 7) is 1.78. The molecule has 0 spiro atoms. The molecule has 0 bridgehead atoms. The first kappa shape index (κ1) is 15.2. The number of aliphatic carboxylic acids is 1. The smallest absolute Gasteiger partial charge is 0.328 e. The summed E-state index contributed by atoms with van der Waals surface area (Å²) in [6, 6.07) is 8.45. The number of hydrogen-bond donors (Lipinski definition) is 1. The van der Waals surface area contributed by atoms with Crippen LogP contribution in [0.15, 0.2) is 42.0 Å². The molecule has 0 aliphatic heterocycles. The van der Waals surface area contributed by atoms with Gasteiger partial charge in [-0.05, 0) is 12.5 Å². The third-order valence-corrected chi connectivity index (χ3v) is 3.96. The van der Waals surface area contributed by atoms with Crippen molar-refractivity contribution >= 4 is 23.3 Å². The highest BCUT2D eigenvalue weighted by Gasteiger charge is 2.49. The van der Waals surface area contributed by atoms with Crippen LogP contribution in [0.5, 0.6) is 0 Å². The second kappa shape index (κ2) is 6.49. The lowest BCUT2D eigenvalue weighted by atomic mass is 9.77. The molecule has 1 aromatic heterocycles. The zero-order chi connectivity index (χ0) is 15.3. The third kappa shape index (κ3) is 2.95. The van der Waals surface area contributed by atoms with Gasteiger partial charge in [0.25, 0.3) is 0 Å². The number of nitrogens with zero attached hydrogens (tertiary/aromatic N) is 1. The van der Waals surface area contributed by atoms with Gasteiger partial charge < -0.3 is 9.84 Å². The number of rotatable bonds is 6. The minimum atomic E-state index is -1.75. The normalized spacial score (nSPS) is 13.4. The van der Waals surface area contributed by atoms with Gasteiger partial charge >= 0.3 is 11.9 Å². The van der Waals surface area contributed by atoms with E-state index in [1.54, 1.807) is 49.0 Å². The fourth-order valence-corrected chi connectivity index (χ4v) is 2.82. The van der Waals surface area contributed by atoms with E-state index in [9.17, 15) is 14.7 Å². The van der Waals surface area contributed by atoms with Crippen molar-refractivity contribution in [3.05, 3.63) is 52.5 Å². The Morgan fingerprint density at radius 3 is 2.57 bits per heavy atom. The molecule has 0 saturated heterocycles. The van der Waals surface area contributed by atoms with Gasteiger partial charge in [0.05, 0.1) is 12.1 Å². The van der Waals surface area contributed by atoms with Gasteiger partial charge in [-0.3, -0.25) is 14.6 Å². The number of carbonyl (C=O) groups excluding carboxylic acids is 1. The van der Waals surface area contributed by atoms with E-state index in [1.807, 2.05) is 0 Å². The average Bonchev–Trinajstić information content (AvgIpc) is 2.98. The van der Waals surface area contributed by atoms with Crippen LogP contribution >= 0.6 is 11.3 Å². The van der Waals surface area contributed by atoms with Crippen molar-refractivity contribution in [1.82, 2.24) is 4.98 Å². The fraction of sp³-hybridized carbons (Fsp3) is 0.267. The van der Waals surface area contributed by atoms with Crippen molar-refractivity contribution < 1.29 is 19.4 Å². The Labute approximate surface area is 126 Å². The molecule has 0 fully saturated rings. The van der Waals surface area contributed by atoms with E-state index in [4.69, 9.17) is 4.74 Å². The number of carboxylic acid groups (broad SMARTS) is 1. The molecule has 0 aliphatic carbocycles. The van der Waals surface area contributed by atoms with Gasteiger partial charge in [-0.15, -0.1) is 11.3 Å². The maximum Gasteiger partial charge on any atom is 0.328 e. The molecule has 2 aromatic rings. The number of thiazole rings is 1.